The number of aliphatic hydroxyl groups excluding tert-OH is 1. The van der Waals surface area contributed by atoms with Crippen LogP contribution < -0.4 is 0 Å². The summed E-state index contributed by atoms with van der Waals surface area (Å²) < 4.78 is 37.8. The van der Waals surface area contributed by atoms with Gasteiger partial charge in [0.1, 0.15) is 5.82 Å². The first-order chi connectivity index (χ1) is 10.3. The minimum absolute atomic E-state index is 0.0268. The van der Waals surface area contributed by atoms with E-state index in [2.05, 4.69) is 0 Å². The smallest absolute Gasteiger partial charge is 0.179 e. The number of aliphatic hydroxyl groups is 1. The first kappa shape index (κ1) is 16.9. The van der Waals surface area contributed by atoms with Crippen LogP contribution in [0.4, 0.5) is 4.39 Å². The van der Waals surface area contributed by atoms with Crippen LogP contribution in [0, 0.1) is 12.7 Å². The van der Waals surface area contributed by atoms with Crippen LogP contribution in [0.15, 0.2) is 41.3 Å². The van der Waals surface area contributed by atoms with Gasteiger partial charge >= 0.3 is 0 Å². The van der Waals surface area contributed by atoms with E-state index in [1.54, 1.807) is 25.1 Å². The highest BCUT2D eigenvalue weighted by atomic mass is 35.5. The molecule has 0 atom stereocenters. The monoisotopic (exact) mass is 342 g/mol. The lowest BCUT2D eigenvalue weighted by atomic mass is 10.0. The van der Waals surface area contributed by atoms with E-state index in [-0.39, 0.29) is 34.5 Å². The fourth-order valence-electron chi connectivity index (χ4n) is 2.07. The molecule has 0 saturated heterocycles. The van der Waals surface area contributed by atoms with Gasteiger partial charge in [0, 0.05) is 6.61 Å². The molecular formula is C16H16ClFO3S. The van der Waals surface area contributed by atoms with Crippen molar-refractivity contribution < 1.29 is 17.9 Å². The molecule has 0 unspecified atom stereocenters. The lowest BCUT2D eigenvalue weighted by Crippen LogP contribution is -2.08. The van der Waals surface area contributed by atoms with Gasteiger partial charge < -0.3 is 5.11 Å². The number of hydrogen-bond acceptors (Lipinski definition) is 3. The summed E-state index contributed by atoms with van der Waals surface area (Å²) in [6.45, 7) is 1.47. The quantitative estimate of drug-likeness (QED) is 0.903. The number of sulfone groups is 1. The maximum absolute atomic E-state index is 13.6. The summed E-state index contributed by atoms with van der Waals surface area (Å²) in [5.41, 5.74) is 1.81. The zero-order chi connectivity index (χ0) is 16.3. The van der Waals surface area contributed by atoms with Crippen molar-refractivity contribution in [2.24, 2.45) is 0 Å². The molecule has 2 rings (SSSR count). The van der Waals surface area contributed by atoms with E-state index in [1.807, 2.05) is 0 Å². The molecule has 0 spiro atoms. The largest absolute Gasteiger partial charge is 0.396 e. The van der Waals surface area contributed by atoms with Crippen molar-refractivity contribution in [1.82, 2.24) is 0 Å². The topological polar surface area (TPSA) is 54.4 Å². The molecule has 118 valence electrons. The zero-order valence-electron chi connectivity index (χ0n) is 12.0. The van der Waals surface area contributed by atoms with Crippen LogP contribution in [0.25, 0.3) is 11.1 Å². The molecule has 0 fully saturated rings. The Kier molecular flexibility index (Phi) is 5.21. The second-order valence-electron chi connectivity index (χ2n) is 5.01. The number of halogens is 2. The van der Waals surface area contributed by atoms with Gasteiger partial charge in [0.25, 0.3) is 0 Å². The fourth-order valence-corrected chi connectivity index (χ4v) is 3.96. The lowest BCUT2D eigenvalue weighted by molar-refractivity contribution is 0.295. The Morgan fingerprint density at radius 3 is 2.36 bits per heavy atom. The number of rotatable bonds is 5. The van der Waals surface area contributed by atoms with Crippen molar-refractivity contribution in [2.45, 2.75) is 18.2 Å². The molecule has 2 aromatic rings. The summed E-state index contributed by atoms with van der Waals surface area (Å²) >= 11 is 6.08. The minimum atomic E-state index is -3.53. The summed E-state index contributed by atoms with van der Waals surface area (Å²) in [4.78, 5) is 0.0268. The van der Waals surface area contributed by atoms with Gasteiger partial charge in [-0.25, -0.2) is 12.8 Å². The van der Waals surface area contributed by atoms with E-state index in [9.17, 15) is 12.8 Å². The van der Waals surface area contributed by atoms with E-state index < -0.39 is 9.84 Å². The van der Waals surface area contributed by atoms with Crippen LogP contribution in [-0.2, 0) is 9.84 Å². The maximum Gasteiger partial charge on any atom is 0.179 e. The Labute approximate surface area is 134 Å². The van der Waals surface area contributed by atoms with Crippen LogP contribution in [0.2, 0.25) is 5.02 Å². The number of benzene rings is 2. The van der Waals surface area contributed by atoms with E-state index >= 15 is 0 Å². The molecule has 0 bridgehead atoms. The predicted octanol–water partition coefficient (Wildman–Crippen LogP) is 3.61. The molecule has 2 aromatic carbocycles. The SMILES string of the molecule is Cc1ccc(-c2ccc(S(=O)(=O)CCCO)c(Cl)c2)cc1F. The zero-order valence-corrected chi connectivity index (χ0v) is 13.6. The van der Waals surface area contributed by atoms with E-state index in [0.717, 1.165) is 0 Å². The molecule has 1 N–H and O–H groups in total. The summed E-state index contributed by atoms with van der Waals surface area (Å²) in [6, 6.07) is 9.33. The average molecular weight is 343 g/mol. The fraction of sp³-hybridized carbons (Fsp3) is 0.250. The normalized spacial score (nSPS) is 11.6. The standard InChI is InChI=1S/C16H16ClFO3S/c1-11-3-4-13(10-15(11)18)12-5-6-16(14(17)9-12)22(20,21)8-2-7-19/h3-6,9-10,19H,2,7-8H2,1H3. The first-order valence-corrected chi connectivity index (χ1v) is 8.78. The van der Waals surface area contributed by atoms with Gasteiger partial charge in [-0.1, -0.05) is 29.8 Å². The van der Waals surface area contributed by atoms with Gasteiger partial charge in [-0.3, -0.25) is 0 Å². The molecule has 0 saturated carbocycles. The molecule has 0 aliphatic rings. The maximum atomic E-state index is 13.6. The molecular weight excluding hydrogens is 327 g/mol. The van der Waals surface area contributed by atoms with Crippen LogP contribution >= 0.6 is 11.6 Å². The van der Waals surface area contributed by atoms with Crippen molar-refractivity contribution in [2.75, 3.05) is 12.4 Å². The van der Waals surface area contributed by atoms with E-state index in [1.165, 1.54) is 18.2 Å². The summed E-state index contributed by atoms with van der Waals surface area (Å²) in [7, 11) is -3.53. The molecule has 0 radical (unpaired) electrons. The van der Waals surface area contributed by atoms with Gasteiger partial charge in [0.15, 0.2) is 9.84 Å². The van der Waals surface area contributed by atoms with Crippen molar-refractivity contribution in [3.8, 4) is 11.1 Å². The second-order valence-corrected chi connectivity index (χ2v) is 7.49. The minimum Gasteiger partial charge on any atom is -0.396 e. The Hall–Kier alpha value is -1.43. The summed E-state index contributed by atoms with van der Waals surface area (Å²) in [6.07, 6.45) is 0.156. The van der Waals surface area contributed by atoms with Gasteiger partial charge in [0.2, 0.25) is 0 Å². The van der Waals surface area contributed by atoms with Crippen LogP contribution in [0.1, 0.15) is 12.0 Å². The molecule has 3 nitrogen and oxygen atoms in total. The van der Waals surface area contributed by atoms with Gasteiger partial charge in [-0.2, -0.15) is 0 Å². The predicted molar refractivity (Wildman–Crippen MR) is 85.3 cm³/mol. The Morgan fingerprint density at radius 1 is 1.14 bits per heavy atom. The Bertz CT molecular complexity index is 788. The molecule has 0 amide bonds. The highest BCUT2D eigenvalue weighted by Crippen LogP contribution is 2.30. The van der Waals surface area contributed by atoms with Crippen LogP contribution in [-0.4, -0.2) is 25.9 Å². The highest BCUT2D eigenvalue weighted by Gasteiger charge is 2.18. The van der Waals surface area contributed by atoms with Crippen molar-refractivity contribution >= 4 is 21.4 Å². The lowest BCUT2D eigenvalue weighted by Gasteiger charge is -2.09. The Balaban J connectivity index is 2.39. The number of aryl methyl sites for hydroxylation is 1. The third-order valence-electron chi connectivity index (χ3n) is 3.34. The molecule has 22 heavy (non-hydrogen) atoms. The number of hydrogen-bond donors (Lipinski definition) is 1. The summed E-state index contributed by atoms with van der Waals surface area (Å²) in [5.74, 6) is -0.491. The first-order valence-electron chi connectivity index (χ1n) is 6.75. The molecule has 0 heterocycles. The molecule has 0 aliphatic heterocycles. The summed E-state index contributed by atoms with van der Waals surface area (Å²) in [5, 5.41) is 8.85. The van der Waals surface area contributed by atoms with E-state index in [4.69, 9.17) is 16.7 Å². The van der Waals surface area contributed by atoms with Gasteiger partial charge in [-0.15, -0.1) is 0 Å². The second kappa shape index (κ2) is 6.77. The Morgan fingerprint density at radius 2 is 1.77 bits per heavy atom. The molecule has 0 aliphatic carbocycles. The van der Waals surface area contributed by atoms with Crippen molar-refractivity contribution in [3.05, 3.63) is 52.8 Å². The molecule has 0 aromatic heterocycles. The molecule has 6 heteroatoms. The van der Waals surface area contributed by atoms with Gasteiger partial charge in [0.05, 0.1) is 15.7 Å². The van der Waals surface area contributed by atoms with Crippen LogP contribution in [0.5, 0.6) is 0 Å². The average Bonchev–Trinajstić information content (AvgIpc) is 2.47. The van der Waals surface area contributed by atoms with Gasteiger partial charge in [-0.05, 0) is 48.2 Å². The highest BCUT2D eigenvalue weighted by molar-refractivity contribution is 7.91. The van der Waals surface area contributed by atoms with Crippen molar-refractivity contribution in [1.29, 1.82) is 0 Å². The van der Waals surface area contributed by atoms with E-state index in [0.29, 0.717) is 16.7 Å². The van der Waals surface area contributed by atoms with Crippen molar-refractivity contribution in [3.63, 3.8) is 0 Å². The third-order valence-corrected chi connectivity index (χ3v) is 5.62. The van der Waals surface area contributed by atoms with Crippen LogP contribution in [0.3, 0.4) is 0 Å². The third kappa shape index (κ3) is 3.66.